The minimum absolute atomic E-state index is 0.0490. The Labute approximate surface area is 271 Å². The molecule has 7 N–H and O–H groups in total. The molecule has 3 atom stereocenters. The van der Waals surface area contributed by atoms with Gasteiger partial charge in [-0.05, 0) is 64.5 Å². The van der Waals surface area contributed by atoms with Crippen LogP contribution < -0.4 is 31.8 Å². The third kappa shape index (κ3) is 13.9. The summed E-state index contributed by atoms with van der Waals surface area (Å²) in [6.45, 7) is 6.73. The van der Waals surface area contributed by atoms with E-state index in [0.717, 1.165) is 0 Å². The number of ether oxygens (including phenoxy) is 1. The number of nitrogens with two attached hydrogens (primary N) is 1. The Morgan fingerprint density at radius 3 is 2.00 bits per heavy atom. The molecule has 0 saturated heterocycles. The summed E-state index contributed by atoms with van der Waals surface area (Å²) in [5.74, 6) is -1.96. The number of hydrogen-bond acceptors (Lipinski definition) is 8. The predicted molar refractivity (Wildman–Crippen MR) is 174 cm³/mol. The molecule has 0 aromatic heterocycles. The van der Waals surface area contributed by atoms with E-state index in [4.69, 9.17) is 10.5 Å². The summed E-state index contributed by atoms with van der Waals surface area (Å²) in [6.07, 6.45) is 0.565. The Morgan fingerprint density at radius 2 is 1.46 bits per heavy atom. The first-order valence-corrected chi connectivity index (χ1v) is 16.5. The molecule has 2 rings (SSSR count). The van der Waals surface area contributed by atoms with Crippen molar-refractivity contribution in [3.05, 3.63) is 71.8 Å². The van der Waals surface area contributed by atoms with Crippen molar-refractivity contribution in [2.24, 2.45) is 5.73 Å². The van der Waals surface area contributed by atoms with E-state index in [0.29, 0.717) is 34.9 Å². The van der Waals surface area contributed by atoms with Crippen LogP contribution in [0.1, 0.15) is 58.1 Å². The van der Waals surface area contributed by atoms with Crippen molar-refractivity contribution in [1.82, 2.24) is 30.5 Å². The Morgan fingerprint density at radius 1 is 0.870 bits per heavy atom. The van der Waals surface area contributed by atoms with Gasteiger partial charge in [0.15, 0.2) is 0 Å². The Balaban J connectivity index is 2.23. The van der Waals surface area contributed by atoms with E-state index in [1.165, 1.54) is 14.0 Å². The van der Waals surface area contributed by atoms with E-state index in [-0.39, 0.29) is 19.4 Å². The van der Waals surface area contributed by atoms with Gasteiger partial charge in [-0.25, -0.2) is 4.79 Å². The summed E-state index contributed by atoms with van der Waals surface area (Å²) in [6, 6.07) is 14.0. The standard InChI is InChI=1S/C31H47N7O7S/c1-22(32)27(39)36-38(21-24-16-10-7-11-17-24)46(43,44)37-26(20-23-14-8-6-9-15-23)29(41)35-25(28(40)33-5)18-12-13-19-34-30(42)45-31(2,3)4/h6-11,14-17,22,25-26,37H,12-13,18-21,32H2,1-5H3,(H,33,40)(H,34,42)(H,35,41)(H,36,39)/t22-,25-,26+/m0/s1. The van der Waals surface area contributed by atoms with Crippen LogP contribution >= 0.6 is 0 Å². The zero-order valence-electron chi connectivity index (χ0n) is 27.0. The van der Waals surface area contributed by atoms with E-state index < -0.39 is 57.8 Å². The minimum atomic E-state index is -4.54. The van der Waals surface area contributed by atoms with E-state index in [1.807, 2.05) is 0 Å². The Hall–Kier alpha value is -4.05. The lowest BCUT2D eigenvalue weighted by molar-refractivity contribution is -0.129. The van der Waals surface area contributed by atoms with Crippen LogP contribution in [0.3, 0.4) is 0 Å². The van der Waals surface area contributed by atoms with Crippen LogP contribution in [-0.2, 0) is 42.3 Å². The molecule has 2 aromatic rings. The molecule has 0 aliphatic carbocycles. The number of carbonyl (C=O) groups is 4. The van der Waals surface area contributed by atoms with Gasteiger partial charge in [-0.3, -0.25) is 19.8 Å². The molecule has 254 valence electrons. The van der Waals surface area contributed by atoms with E-state index in [9.17, 15) is 27.6 Å². The van der Waals surface area contributed by atoms with Gasteiger partial charge in [0.25, 0.3) is 16.1 Å². The first-order valence-electron chi connectivity index (χ1n) is 15.0. The Kier molecular flexibility index (Phi) is 15.1. The highest BCUT2D eigenvalue weighted by Gasteiger charge is 2.33. The minimum Gasteiger partial charge on any atom is -0.444 e. The van der Waals surface area contributed by atoms with Crippen molar-refractivity contribution in [3.63, 3.8) is 0 Å². The molecule has 4 amide bonds. The van der Waals surface area contributed by atoms with Gasteiger partial charge < -0.3 is 26.4 Å². The molecule has 46 heavy (non-hydrogen) atoms. The highest BCUT2D eigenvalue weighted by molar-refractivity contribution is 7.87. The summed E-state index contributed by atoms with van der Waals surface area (Å²) in [7, 11) is -3.11. The van der Waals surface area contributed by atoms with E-state index in [2.05, 4.69) is 26.1 Å². The summed E-state index contributed by atoms with van der Waals surface area (Å²) in [5, 5.41) is 7.84. The van der Waals surface area contributed by atoms with Crippen molar-refractivity contribution in [2.75, 3.05) is 13.6 Å². The molecule has 0 saturated carbocycles. The van der Waals surface area contributed by atoms with Crippen LogP contribution in [0.2, 0.25) is 0 Å². The molecule has 0 unspecified atom stereocenters. The van der Waals surface area contributed by atoms with Crippen molar-refractivity contribution in [3.8, 4) is 0 Å². The second-order valence-electron chi connectivity index (χ2n) is 11.7. The zero-order valence-corrected chi connectivity index (χ0v) is 27.9. The lowest BCUT2D eigenvalue weighted by Gasteiger charge is -2.28. The number of nitrogens with one attached hydrogen (secondary N) is 5. The number of rotatable bonds is 17. The second-order valence-corrected chi connectivity index (χ2v) is 13.3. The SMILES string of the molecule is CNC(=O)[C@H](CCCCNC(=O)OC(C)(C)C)NC(=O)[C@@H](Cc1ccccc1)NS(=O)(=O)N(Cc1ccccc1)NC(=O)[C@H](C)N. The fourth-order valence-corrected chi connectivity index (χ4v) is 5.34. The highest BCUT2D eigenvalue weighted by Crippen LogP contribution is 2.11. The molecule has 0 fully saturated rings. The number of carbonyl (C=O) groups excluding carboxylic acids is 4. The smallest absolute Gasteiger partial charge is 0.407 e. The predicted octanol–water partition coefficient (Wildman–Crippen LogP) is 1.24. The average Bonchev–Trinajstić information content (AvgIpc) is 2.99. The molecule has 0 heterocycles. The largest absolute Gasteiger partial charge is 0.444 e. The zero-order chi connectivity index (χ0) is 34.3. The topological polar surface area (TPSA) is 201 Å². The first-order chi connectivity index (χ1) is 21.6. The van der Waals surface area contributed by atoms with Crippen molar-refractivity contribution >= 4 is 34.0 Å². The summed E-state index contributed by atoms with van der Waals surface area (Å²) in [5.41, 5.74) is 8.60. The fraction of sp³-hybridized carbons (Fsp3) is 0.484. The van der Waals surface area contributed by atoms with E-state index in [1.54, 1.807) is 81.4 Å². The molecule has 2 aromatic carbocycles. The second kappa shape index (κ2) is 18.2. The maximum absolute atomic E-state index is 13.7. The fourth-order valence-electron chi connectivity index (χ4n) is 4.13. The third-order valence-corrected chi connectivity index (χ3v) is 7.85. The Bertz CT molecular complexity index is 1380. The van der Waals surface area contributed by atoms with Gasteiger partial charge in [0.2, 0.25) is 11.8 Å². The molecule has 0 spiro atoms. The third-order valence-electron chi connectivity index (χ3n) is 6.47. The molecule has 0 bridgehead atoms. The van der Waals surface area contributed by atoms with Gasteiger partial charge in [0.05, 0.1) is 12.6 Å². The van der Waals surface area contributed by atoms with Gasteiger partial charge >= 0.3 is 6.09 Å². The van der Waals surface area contributed by atoms with Gasteiger partial charge in [-0.15, -0.1) is 0 Å². The van der Waals surface area contributed by atoms with Crippen LogP contribution in [0, 0.1) is 0 Å². The molecular formula is C31H47N7O7S. The average molecular weight is 662 g/mol. The monoisotopic (exact) mass is 661 g/mol. The maximum Gasteiger partial charge on any atom is 0.407 e. The number of amides is 4. The molecule has 0 aliphatic heterocycles. The van der Waals surface area contributed by atoms with Crippen molar-refractivity contribution < 1.29 is 32.3 Å². The molecule has 0 radical (unpaired) electrons. The lowest BCUT2D eigenvalue weighted by Crippen LogP contribution is -2.59. The van der Waals surface area contributed by atoms with Crippen molar-refractivity contribution in [2.45, 2.75) is 83.6 Å². The number of hydrazine groups is 1. The summed E-state index contributed by atoms with van der Waals surface area (Å²) in [4.78, 5) is 50.7. The number of benzene rings is 2. The van der Waals surface area contributed by atoms with Gasteiger partial charge in [0.1, 0.15) is 17.7 Å². The van der Waals surface area contributed by atoms with Crippen LogP contribution in [0.5, 0.6) is 0 Å². The molecular weight excluding hydrogens is 614 g/mol. The summed E-state index contributed by atoms with van der Waals surface area (Å²) >= 11 is 0. The van der Waals surface area contributed by atoms with Crippen LogP contribution in [0.25, 0.3) is 0 Å². The normalized spacial score (nSPS) is 13.6. The molecule has 14 nitrogen and oxygen atoms in total. The van der Waals surface area contributed by atoms with Crippen molar-refractivity contribution in [1.29, 1.82) is 0 Å². The molecule has 0 aliphatic rings. The van der Waals surface area contributed by atoms with Crippen LogP contribution in [-0.4, -0.2) is 74.0 Å². The number of hydrogen-bond donors (Lipinski definition) is 6. The maximum atomic E-state index is 13.7. The van der Waals surface area contributed by atoms with E-state index >= 15 is 0 Å². The number of unbranched alkanes of at least 4 members (excludes halogenated alkanes) is 1. The first kappa shape index (κ1) is 38.1. The molecule has 15 heteroatoms. The van der Waals surface area contributed by atoms with Gasteiger partial charge in [-0.1, -0.05) is 65.1 Å². The van der Waals surface area contributed by atoms with Crippen LogP contribution in [0.4, 0.5) is 4.79 Å². The quantitative estimate of drug-likeness (QED) is 0.107. The summed E-state index contributed by atoms with van der Waals surface area (Å²) < 4.78 is 35.8. The lowest BCUT2D eigenvalue weighted by atomic mass is 10.0. The van der Waals surface area contributed by atoms with Gasteiger partial charge in [0, 0.05) is 13.6 Å². The number of likely N-dealkylation sites (N-methyl/N-ethyl adjacent to an activating group) is 1. The number of nitrogens with zero attached hydrogens (tertiary/aromatic N) is 1. The van der Waals surface area contributed by atoms with Crippen LogP contribution in [0.15, 0.2) is 60.7 Å². The number of alkyl carbamates (subject to hydrolysis) is 1. The van der Waals surface area contributed by atoms with Gasteiger partial charge in [-0.2, -0.15) is 13.1 Å². The highest BCUT2D eigenvalue weighted by atomic mass is 32.2.